The second kappa shape index (κ2) is 3.32. The maximum absolute atomic E-state index is 5.71. The van der Waals surface area contributed by atoms with E-state index in [0.717, 1.165) is 25.9 Å². The summed E-state index contributed by atoms with van der Waals surface area (Å²) in [5.41, 5.74) is 5.71. The smallest absolute Gasteiger partial charge is 0.0700 e. The first-order valence-corrected chi connectivity index (χ1v) is 4.89. The standard InChI is InChI=1S/C9H18N2O/c1-6-9(2-3-12-6)11-8-4-7(10)5-8/h6-9,11H,2-5,10H2,1H3. The molecule has 1 saturated heterocycles. The second-order valence-corrected chi connectivity index (χ2v) is 4.07. The molecule has 1 aliphatic heterocycles. The first-order valence-electron chi connectivity index (χ1n) is 4.89. The molecule has 0 radical (unpaired) electrons. The van der Waals surface area contributed by atoms with Crippen molar-refractivity contribution < 1.29 is 4.74 Å². The number of hydrogen-bond donors (Lipinski definition) is 2. The summed E-state index contributed by atoms with van der Waals surface area (Å²) in [6.07, 6.45) is 3.83. The average molecular weight is 170 g/mol. The Bertz CT molecular complexity index is 157. The average Bonchev–Trinajstić information content (AvgIpc) is 2.33. The van der Waals surface area contributed by atoms with E-state index in [0.29, 0.717) is 24.2 Å². The lowest BCUT2D eigenvalue weighted by atomic mass is 9.87. The fraction of sp³-hybridized carbons (Fsp3) is 1.00. The Labute approximate surface area is 73.7 Å². The zero-order valence-corrected chi connectivity index (χ0v) is 7.62. The van der Waals surface area contributed by atoms with Gasteiger partial charge in [0.15, 0.2) is 0 Å². The van der Waals surface area contributed by atoms with Gasteiger partial charge in [0, 0.05) is 24.7 Å². The first kappa shape index (κ1) is 8.48. The number of nitrogens with one attached hydrogen (secondary N) is 1. The Morgan fingerprint density at radius 1 is 1.42 bits per heavy atom. The molecule has 0 aromatic heterocycles. The molecular formula is C9H18N2O. The third-order valence-electron chi connectivity index (χ3n) is 3.00. The molecule has 0 bridgehead atoms. The minimum absolute atomic E-state index is 0.391. The van der Waals surface area contributed by atoms with Crippen molar-refractivity contribution >= 4 is 0 Å². The Morgan fingerprint density at radius 3 is 2.67 bits per heavy atom. The van der Waals surface area contributed by atoms with Gasteiger partial charge in [-0.2, -0.15) is 0 Å². The molecule has 12 heavy (non-hydrogen) atoms. The normalized spacial score (nSPS) is 47.5. The zero-order valence-electron chi connectivity index (χ0n) is 7.62. The van der Waals surface area contributed by atoms with Crippen LogP contribution in [0.5, 0.6) is 0 Å². The molecule has 2 unspecified atom stereocenters. The van der Waals surface area contributed by atoms with Crippen molar-refractivity contribution in [2.24, 2.45) is 5.73 Å². The highest BCUT2D eigenvalue weighted by molar-refractivity contribution is 4.92. The van der Waals surface area contributed by atoms with E-state index in [1.807, 2.05) is 0 Å². The lowest BCUT2D eigenvalue weighted by molar-refractivity contribution is 0.106. The Kier molecular flexibility index (Phi) is 2.35. The molecule has 1 saturated carbocycles. The SMILES string of the molecule is CC1OCCC1NC1CC(N)C1. The van der Waals surface area contributed by atoms with Crippen LogP contribution >= 0.6 is 0 Å². The van der Waals surface area contributed by atoms with E-state index in [4.69, 9.17) is 10.5 Å². The van der Waals surface area contributed by atoms with E-state index in [-0.39, 0.29) is 0 Å². The van der Waals surface area contributed by atoms with Gasteiger partial charge in [-0.3, -0.25) is 0 Å². The molecule has 2 rings (SSSR count). The monoisotopic (exact) mass is 170 g/mol. The van der Waals surface area contributed by atoms with E-state index in [1.165, 1.54) is 0 Å². The van der Waals surface area contributed by atoms with Gasteiger partial charge in [0.2, 0.25) is 0 Å². The minimum Gasteiger partial charge on any atom is -0.377 e. The largest absolute Gasteiger partial charge is 0.377 e. The van der Waals surface area contributed by atoms with Crippen LogP contribution in [0.4, 0.5) is 0 Å². The molecule has 1 aliphatic carbocycles. The number of rotatable bonds is 2. The minimum atomic E-state index is 0.391. The lowest BCUT2D eigenvalue weighted by Gasteiger charge is -2.36. The molecule has 0 aromatic carbocycles. The topological polar surface area (TPSA) is 47.3 Å². The third kappa shape index (κ3) is 1.63. The van der Waals surface area contributed by atoms with Crippen molar-refractivity contribution in [2.75, 3.05) is 6.61 Å². The van der Waals surface area contributed by atoms with Crippen LogP contribution in [0.25, 0.3) is 0 Å². The fourth-order valence-electron chi connectivity index (χ4n) is 2.05. The highest BCUT2D eigenvalue weighted by Crippen LogP contribution is 2.21. The van der Waals surface area contributed by atoms with Gasteiger partial charge in [-0.25, -0.2) is 0 Å². The number of ether oxygens (including phenoxy) is 1. The molecule has 0 amide bonds. The maximum atomic E-state index is 5.71. The van der Waals surface area contributed by atoms with Crippen LogP contribution in [0, 0.1) is 0 Å². The van der Waals surface area contributed by atoms with E-state index < -0.39 is 0 Å². The molecule has 2 atom stereocenters. The summed E-state index contributed by atoms with van der Waals surface area (Å²) in [7, 11) is 0. The molecule has 70 valence electrons. The Hall–Kier alpha value is -0.120. The lowest BCUT2D eigenvalue weighted by Crippen LogP contribution is -2.53. The van der Waals surface area contributed by atoms with Crippen LogP contribution in [0.3, 0.4) is 0 Å². The molecule has 2 fully saturated rings. The molecule has 0 aromatic rings. The van der Waals surface area contributed by atoms with Gasteiger partial charge in [0.1, 0.15) is 0 Å². The van der Waals surface area contributed by atoms with Crippen molar-refractivity contribution in [1.29, 1.82) is 0 Å². The fourth-order valence-corrected chi connectivity index (χ4v) is 2.05. The maximum Gasteiger partial charge on any atom is 0.0700 e. The summed E-state index contributed by atoms with van der Waals surface area (Å²) < 4.78 is 5.47. The van der Waals surface area contributed by atoms with Gasteiger partial charge >= 0.3 is 0 Å². The molecule has 1 heterocycles. The highest BCUT2D eigenvalue weighted by Gasteiger charge is 2.31. The Morgan fingerprint density at radius 2 is 2.17 bits per heavy atom. The molecular weight excluding hydrogens is 152 g/mol. The van der Waals surface area contributed by atoms with Crippen LogP contribution in [0.1, 0.15) is 26.2 Å². The van der Waals surface area contributed by atoms with Crippen LogP contribution < -0.4 is 11.1 Å². The van der Waals surface area contributed by atoms with Crippen molar-refractivity contribution in [3.63, 3.8) is 0 Å². The van der Waals surface area contributed by atoms with Gasteiger partial charge in [-0.05, 0) is 26.2 Å². The van der Waals surface area contributed by atoms with Gasteiger partial charge in [-0.1, -0.05) is 0 Å². The predicted molar refractivity (Wildman–Crippen MR) is 48.0 cm³/mol. The van der Waals surface area contributed by atoms with Crippen molar-refractivity contribution in [3.8, 4) is 0 Å². The highest BCUT2D eigenvalue weighted by atomic mass is 16.5. The zero-order chi connectivity index (χ0) is 8.55. The molecule has 2 aliphatic rings. The molecule has 3 heteroatoms. The summed E-state index contributed by atoms with van der Waals surface area (Å²) in [5.74, 6) is 0. The first-order chi connectivity index (χ1) is 5.75. The van der Waals surface area contributed by atoms with Gasteiger partial charge in [-0.15, -0.1) is 0 Å². The summed E-state index contributed by atoms with van der Waals surface area (Å²) in [6, 6.07) is 1.68. The quantitative estimate of drug-likeness (QED) is 0.624. The van der Waals surface area contributed by atoms with Crippen molar-refractivity contribution in [3.05, 3.63) is 0 Å². The van der Waals surface area contributed by atoms with Crippen LogP contribution in [0.2, 0.25) is 0 Å². The number of nitrogens with two attached hydrogens (primary N) is 1. The van der Waals surface area contributed by atoms with Crippen LogP contribution in [-0.2, 0) is 4.74 Å². The summed E-state index contributed by atoms with van der Waals surface area (Å²) in [5, 5.41) is 3.59. The molecule has 0 spiro atoms. The predicted octanol–water partition coefficient (Wildman–Crippen LogP) is 0.243. The summed E-state index contributed by atoms with van der Waals surface area (Å²) in [4.78, 5) is 0. The third-order valence-corrected chi connectivity index (χ3v) is 3.00. The summed E-state index contributed by atoms with van der Waals surface area (Å²) >= 11 is 0. The van der Waals surface area contributed by atoms with Crippen LogP contribution in [0.15, 0.2) is 0 Å². The van der Waals surface area contributed by atoms with Crippen molar-refractivity contribution in [2.45, 2.75) is 50.4 Å². The van der Waals surface area contributed by atoms with Gasteiger partial charge < -0.3 is 15.8 Å². The van der Waals surface area contributed by atoms with E-state index in [2.05, 4.69) is 12.2 Å². The molecule has 3 nitrogen and oxygen atoms in total. The van der Waals surface area contributed by atoms with E-state index in [1.54, 1.807) is 0 Å². The van der Waals surface area contributed by atoms with Crippen LogP contribution in [-0.4, -0.2) is 30.8 Å². The summed E-state index contributed by atoms with van der Waals surface area (Å²) in [6.45, 7) is 3.06. The second-order valence-electron chi connectivity index (χ2n) is 4.07. The van der Waals surface area contributed by atoms with E-state index in [9.17, 15) is 0 Å². The van der Waals surface area contributed by atoms with Crippen molar-refractivity contribution in [1.82, 2.24) is 5.32 Å². The Balaban J connectivity index is 1.72. The van der Waals surface area contributed by atoms with E-state index >= 15 is 0 Å². The number of hydrogen-bond acceptors (Lipinski definition) is 3. The van der Waals surface area contributed by atoms with Gasteiger partial charge in [0.05, 0.1) is 6.10 Å². The van der Waals surface area contributed by atoms with Gasteiger partial charge in [0.25, 0.3) is 0 Å². The molecule has 3 N–H and O–H groups in total.